The summed E-state index contributed by atoms with van der Waals surface area (Å²) in [5.74, 6) is -0.442. The van der Waals surface area contributed by atoms with Crippen LogP contribution in [0.4, 0.5) is 5.69 Å². The lowest BCUT2D eigenvalue weighted by molar-refractivity contribution is -0.121. The minimum Gasteiger partial charge on any atom is -0.308 e. The lowest BCUT2D eigenvalue weighted by Crippen LogP contribution is -2.23. The quantitative estimate of drug-likeness (QED) is 0.408. The van der Waals surface area contributed by atoms with E-state index in [0.717, 1.165) is 5.56 Å². The molecule has 0 heterocycles. The Kier molecular flexibility index (Phi) is 2.76. The van der Waals surface area contributed by atoms with Crippen molar-refractivity contribution in [2.75, 3.05) is 5.06 Å². The second-order valence-electron chi connectivity index (χ2n) is 2.57. The number of benzene rings is 1. The lowest BCUT2D eigenvalue weighted by atomic mass is 10.2. The molecule has 0 aliphatic rings. The highest BCUT2D eigenvalue weighted by molar-refractivity contribution is 5.89. The summed E-state index contributed by atoms with van der Waals surface area (Å²) in [6.45, 7) is 1.27. The molecule has 0 unspecified atom stereocenters. The van der Waals surface area contributed by atoms with Crippen LogP contribution in [0.5, 0.6) is 0 Å². The number of amides is 1. The van der Waals surface area contributed by atoms with E-state index in [1.54, 1.807) is 24.3 Å². The van der Waals surface area contributed by atoms with Crippen molar-refractivity contribution in [3.63, 3.8) is 0 Å². The van der Waals surface area contributed by atoms with E-state index in [9.17, 15) is 10.0 Å². The van der Waals surface area contributed by atoms with Gasteiger partial charge in [0.1, 0.15) is 0 Å². The van der Waals surface area contributed by atoms with Crippen LogP contribution in [0.1, 0.15) is 12.5 Å². The van der Waals surface area contributed by atoms with Crippen molar-refractivity contribution in [2.24, 2.45) is 0 Å². The standard InChI is InChI=1S/C9H10N2O2/c1-7(12)11(13)9-4-2-8(6-10)3-5-9/h2-6,10,13H,1H3. The molecule has 0 bridgehead atoms. The summed E-state index contributed by atoms with van der Waals surface area (Å²) in [7, 11) is 0. The highest BCUT2D eigenvalue weighted by Crippen LogP contribution is 2.12. The van der Waals surface area contributed by atoms with Gasteiger partial charge >= 0.3 is 0 Å². The van der Waals surface area contributed by atoms with Gasteiger partial charge in [-0.1, -0.05) is 12.1 Å². The number of hydroxylamine groups is 1. The first-order valence-electron chi connectivity index (χ1n) is 3.75. The van der Waals surface area contributed by atoms with Crippen LogP contribution in [0, 0.1) is 5.41 Å². The van der Waals surface area contributed by atoms with Crippen LogP contribution in [0.3, 0.4) is 0 Å². The van der Waals surface area contributed by atoms with Crippen molar-refractivity contribution in [3.8, 4) is 0 Å². The summed E-state index contributed by atoms with van der Waals surface area (Å²) >= 11 is 0. The SMILES string of the molecule is CC(=O)N(O)c1ccc(C=N)cc1. The zero-order valence-corrected chi connectivity index (χ0v) is 7.19. The Labute approximate surface area is 75.9 Å². The first kappa shape index (κ1) is 9.41. The van der Waals surface area contributed by atoms with Crippen LogP contribution < -0.4 is 5.06 Å². The molecule has 0 radical (unpaired) electrons. The molecule has 13 heavy (non-hydrogen) atoms. The maximum absolute atomic E-state index is 10.7. The molecule has 1 aromatic carbocycles. The van der Waals surface area contributed by atoms with Crippen molar-refractivity contribution in [3.05, 3.63) is 29.8 Å². The number of carbonyl (C=O) groups is 1. The fourth-order valence-electron chi connectivity index (χ4n) is 0.894. The van der Waals surface area contributed by atoms with E-state index in [4.69, 9.17) is 5.41 Å². The summed E-state index contributed by atoms with van der Waals surface area (Å²) in [6, 6.07) is 6.44. The van der Waals surface area contributed by atoms with Crippen molar-refractivity contribution >= 4 is 17.8 Å². The summed E-state index contributed by atoms with van der Waals surface area (Å²) in [4.78, 5) is 10.7. The fourth-order valence-corrected chi connectivity index (χ4v) is 0.894. The van der Waals surface area contributed by atoms with Crippen LogP contribution in [-0.4, -0.2) is 17.3 Å². The van der Waals surface area contributed by atoms with Crippen molar-refractivity contribution in [2.45, 2.75) is 6.92 Å². The molecule has 1 rings (SSSR count). The Balaban J connectivity index is 2.91. The van der Waals surface area contributed by atoms with Crippen LogP contribution >= 0.6 is 0 Å². The summed E-state index contributed by atoms with van der Waals surface area (Å²) in [6.07, 6.45) is 1.19. The summed E-state index contributed by atoms with van der Waals surface area (Å²) < 4.78 is 0. The molecule has 0 aliphatic heterocycles. The normalized spacial score (nSPS) is 9.38. The third kappa shape index (κ3) is 2.13. The van der Waals surface area contributed by atoms with Gasteiger partial charge in [0.25, 0.3) is 0 Å². The molecule has 0 saturated heterocycles. The molecule has 0 saturated carbocycles. The zero-order chi connectivity index (χ0) is 9.84. The number of carbonyl (C=O) groups excluding carboxylic acids is 1. The second-order valence-corrected chi connectivity index (χ2v) is 2.57. The van der Waals surface area contributed by atoms with Crippen molar-refractivity contribution in [1.82, 2.24) is 0 Å². The predicted octanol–water partition coefficient (Wildman–Crippen LogP) is 1.43. The van der Waals surface area contributed by atoms with Crippen LogP contribution in [-0.2, 0) is 4.79 Å². The number of hydrogen-bond acceptors (Lipinski definition) is 3. The topological polar surface area (TPSA) is 64.4 Å². The largest absolute Gasteiger partial charge is 0.308 e. The highest BCUT2D eigenvalue weighted by Gasteiger charge is 2.06. The number of hydrogen-bond donors (Lipinski definition) is 2. The molecule has 4 nitrogen and oxygen atoms in total. The predicted molar refractivity (Wildman–Crippen MR) is 49.3 cm³/mol. The third-order valence-corrected chi connectivity index (χ3v) is 1.60. The Morgan fingerprint density at radius 3 is 2.38 bits per heavy atom. The summed E-state index contributed by atoms with van der Waals surface area (Å²) in [5, 5.41) is 16.7. The Morgan fingerprint density at radius 1 is 1.46 bits per heavy atom. The Bertz CT molecular complexity index is 319. The van der Waals surface area contributed by atoms with E-state index in [-0.39, 0.29) is 0 Å². The molecule has 4 heteroatoms. The molecule has 0 atom stereocenters. The van der Waals surface area contributed by atoms with Gasteiger partial charge in [0.15, 0.2) is 0 Å². The number of nitrogens with zero attached hydrogens (tertiary/aromatic N) is 1. The van der Waals surface area contributed by atoms with Crippen molar-refractivity contribution < 1.29 is 10.0 Å². The fraction of sp³-hybridized carbons (Fsp3) is 0.111. The maximum Gasteiger partial charge on any atom is 0.247 e. The van der Waals surface area contributed by atoms with Crippen LogP contribution in [0.15, 0.2) is 24.3 Å². The Hall–Kier alpha value is -1.68. The van der Waals surface area contributed by atoms with E-state index in [1.165, 1.54) is 13.1 Å². The molecule has 1 aromatic rings. The van der Waals surface area contributed by atoms with Gasteiger partial charge in [-0.05, 0) is 17.7 Å². The minimum absolute atomic E-state index is 0.401. The molecule has 68 valence electrons. The van der Waals surface area contributed by atoms with Crippen LogP contribution in [0.2, 0.25) is 0 Å². The van der Waals surface area contributed by atoms with Gasteiger partial charge in [-0.15, -0.1) is 0 Å². The van der Waals surface area contributed by atoms with Gasteiger partial charge in [-0.2, -0.15) is 5.06 Å². The van der Waals surface area contributed by atoms with Gasteiger partial charge in [0, 0.05) is 13.1 Å². The third-order valence-electron chi connectivity index (χ3n) is 1.60. The van der Waals surface area contributed by atoms with Crippen LogP contribution in [0.25, 0.3) is 0 Å². The first-order valence-corrected chi connectivity index (χ1v) is 3.75. The Morgan fingerprint density at radius 2 is 2.00 bits per heavy atom. The molecule has 2 N–H and O–H groups in total. The molecule has 1 amide bonds. The van der Waals surface area contributed by atoms with Gasteiger partial charge in [0.2, 0.25) is 5.91 Å². The lowest BCUT2D eigenvalue weighted by Gasteiger charge is -2.11. The number of nitrogens with one attached hydrogen (secondary N) is 1. The number of rotatable bonds is 2. The average molecular weight is 178 g/mol. The highest BCUT2D eigenvalue weighted by atomic mass is 16.5. The van der Waals surface area contributed by atoms with E-state index < -0.39 is 5.91 Å². The first-order chi connectivity index (χ1) is 6.15. The number of anilines is 1. The summed E-state index contributed by atoms with van der Waals surface area (Å²) in [5.41, 5.74) is 1.12. The zero-order valence-electron chi connectivity index (χ0n) is 7.19. The van der Waals surface area contributed by atoms with Gasteiger partial charge in [-0.3, -0.25) is 10.0 Å². The molecule has 0 aliphatic carbocycles. The second kappa shape index (κ2) is 3.82. The van der Waals surface area contributed by atoms with Crippen molar-refractivity contribution in [1.29, 1.82) is 5.41 Å². The molecule has 0 aromatic heterocycles. The monoisotopic (exact) mass is 178 g/mol. The maximum atomic E-state index is 10.7. The smallest absolute Gasteiger partial charge is 0.247 e. The molecular weight excluding hydrogens is 168 g/mol. The minimum atomic E-state index is -0.442. The average Bonchev–Trinajstić information content (AvgIpc) is 2.17. The van der Waals surface area contributed by atoms with Gasteiger partial charge in [0.05, 0.1) is 5.69 Å². The molecule has 0 fully saturated rings. The van der Waals surface area contributed by atoms with Gasteiger partial charge in [-0.25, -0.2) is 0 Å². The molecular formula is C9H10N2O2. The molecule has 0 spiro atoms. The van der Waals surface area contributed by atoms with E-state index in [2.05, 4.69) is 0 Å². The van der Waals surface area contributed by atoms with Gasteiger partial charge < -0.3 is 5.41 Å². The van der Waals surface area contributed by atoms with E-state index >= 15 is 0 Å². The van der Waals surface area contributed by atoms with E-state index in [1.807, 2.05) is 0 Å². The van der Waals surface area contributed by atoms with E-state index in [0.29, 0.717) is 10.8 Å².